The van der Waals surface area contributed by atoms with Crippen molar-refractivity contribution in [1.82, 2.24) is 14.9 Å². The van der Waals surface area contributed by atoms with Crippen LogP contribution in [0.2, 0.25) is 0 Å². The maximum absolute atomic E-state index is 14.1. The van der Waals surface area contributed by atoms with Crippen molar-refractivity contribution < 1.29 is 13.9 Å². The number of hydrogen-bond donors (Lipinski definition) is 0. The molecule has 1 aromatic heterocycles. The minimum atomic E-state index is -0.509. The predicted octanol–water partition coefficient (Wildman–Crippen LogP) is 3.91. The quantitative estimate of drug-likeness (QED) is 0.686. The van der Waals surface area contributed by atoms with Gasteiger partial charge < -0.3 is 14.5 Å². The molecule has 0 radical (unpaired) electrons. The fourth-order valence-corrected chi connectivity index (χ4v) is 5.27. The molecule has 6 nitrogen and oxygen atoms in total. The van der Waals surface area contributed by atoms with E-state index < -0.39 is 5.41 Å². The molecule has 3 heterocycles. The molecule has 0 saturated carbocycles. The first-order chi connectivity index (χ1) is 15.7. The Labute approximate surface area is 196 Å². The summed E-state index contributed by atoms with van der Waals surface area (Å²) in [4.78, 5) is 27.4. The van der Waals surface area contributed by atoms with E-state index >= 15 is 0 Å². The number of ether oxygens (including phenoxy) is 1. The second kappa shape index (κ2) is 9.37. The van der Waals surface area contributed by atoms with Crippen LogP contribution in [0.25, 0.3) is 0 Å². The van der Waals surface area contributed by atoms with Crippen LogP contribution in [0.1, 0.15) is 49.7 Å². The first-order valence-electron chi connectivity index (χ1n) is 11.9. The van der Waals surface area contributed by atoms with Gasteiger partial charge in [-0.05, 0) is 56.7 Å². The SMILES string of the molecule is Cc1nc(N(C)C)cc(C2(C)CCCN(C(=O)C3(Cc4ccc(F)cc4)CCOCC3)C2)n1. The van der Waals surface area contributed by atoms with E-state index in [9.17, 15) is 9.18 Å². The van der Waals surface area contributed by atoms with E-state index in [-0.39, 0.29) is 17.1 Å². The van der Waals surface area contributed by atoms with Crippen molar-refractivity contribution in [2.24, 2.45) is 5.41 Å². The first kappa shape index (κ1) is 23.6. The van der Waals surface area contributed by atoms with E-state index in [0.29, 0.717) is 39.0 Å². The number of aryl methyl sites for hydroxylation is 1. The van der Waals surface area contributed by atoms with Crippen molar-refractivity contribution in [3.63, 3.8) is 0 Å². The molecule has 2 aliphatic heterocycles. The smallest absolute Gasteiger partial charge is 0.229 e. The van der Waals surface area contributed by atoms with Gasteiger partial charge in [-0.1, -0.05) is 19.1 Å². The molecular formula is C26H35FN4O2. The summed E-state index contributed by atoms with van der Waals surface area (Å²) in [6.45, 7) is 6.69. The normalized spacial score (nSPS) is 22.8. The fraction of sp³-hybridized carbons (Fsp3) is 0.577. The number of nitrogens with zero attached hydrogens (tertiary/aromatic N) is 4. The Hall–Kier alpha value is -2.54. The molecule has 33 heavy (non-hydrogen) atoms. The van der Waals surface area contributed by atoms with Gasteiger partial charge in [0.25, 0.3) is 0 Å². The Balaban J connectivity index is 1.60. The molecule has 2 aliphatic rings. The van der Waals surface area contributed by atoms with Crippen LogP contribution < -0.4 is 4.90 Å². The Morgan fingerprint density at radius 2 is 1.85 bits per heavy atom. The first-order valence-corrected chi connectivity index (χ1v) is 11.9. The van der Waals surface area contributed by atoms with Crippen molar-refractivity contribution in [3.05, 3.63) is 53.2 Å². The monoisotopic (exact) mass is 454 g/mol. The van der Waals surface area contributed by atoms with E-state index in [1.54, 1.807) is 12.1 Å². The zero-order valence-electron chi connectivity index (χ0n) is 20.2. The van der Waals surface area contributed by atoms with Crippen LogP contribution in [0.3, 0.4) is 0 Å². The number of rotatable bonds is 5. The van der Waals surface area contributed by atoms with Crippen molar-refractivity contribution in [1.29, 1.82) is 0 Å². The van der Waals surface area contributed by atoms with Gasteiger partial charge in [-0.3, -0.25) is 4.79 Å². The molecule has 7 heteroatoms. The maximum Gasteiger partial charge on any atom is 0.229 e. The number of anilines is 1. The summed E-state index contributed by atoms with van der Waals surface area (Å²) in [6, 6.07) is 8.61. The van der Waals surface area contributed by atoms with Gasteiger partial charge in [0.15, 0.2) is 0 Å². The van der Waals surface area contributed by atoms with Crippen LogP contribution in [-0.4, -0.2) is 61.2 Å². The highest BCUT2D eigenvalue weighted by Gasteiger charge is 2.45. The molecule has 4 rings (SSSR count). The standard InChI is InChI=1S/C26H35FN4O2/c1-19-28-22(16-23(29-19)30(3)4)25(2)10-5-13-31(18-25)24(32)26(11-14-33-15-12-26)17-20-6-8-21(27)9-7-20/h6-9,16H,5,10-15,17-18H2,1-4H3. The third-order valence-corrected chi connectivity index (χ3v) is 7.24. The van der Waals surface area contributed by atoms with E-state index in [0.717, 1.165) is 42.3 Å². The number of piperidine rings is 1. The van der Waals surface area contributed by atoms with Gasteiger partial charge in [-0.2, -0.15) is 0 Å². The van der Waals surface area contributed by atoms with Crippen LogP contribution in [-0.2, 0) is 21.4 Å². The van der Waals surface area contributed by atoms with E-state index in [4.69, 9.17) is 9.72 Å². The summed E-state index contributed by atoms with van der Waals surface area (Å²) in [5.74, 6) is 1.58. The van der Waals surface area contributed by atoms with Crippen LogP contribution >= 0.6 is 0 Å². The third-order valence-electron chi connectivity index (χ3n) is 7.24. The summed E-state index contributed by atoms with van der Waals surface area (Å²) in [7, 11) is 3.96. The maximum atomic E-state index is 14.1. The van der Waals surface area contributed by atoms with Crippen molar-refractivity contribution in [2.45, 2.75) is 51.4 Å². The van der Waals surface area contributed by atoms with Gasteiger partial charge in [0, 0.05) is 51.9 Å². The van der Waals surface area contributed by atoms with Crippen molar-refractivity contribution in [3.8, 4) is 0 Å². The van der Waals surface area contributed by atoms with Gasteiger partial charge in [-0.25, -0.2) is 14.4 Å². The molecule has 0 spiro atoms. The number of carbonyl (C=O) groups is 1. The summed E-state index contributed by atoms with van der Waals surface area (Å²) in [5.41, 5.74) is 1.25. The molecule has 178 valence electrons. The molecule has 1 atom stereocenters. The predicted molar refractivity (Wildman–Crippen MR) is 127 cm³/mol. The van der Waals surface area contributed by atoms with Crippen LogP contribution in [0.5, 0.6) is 0 Å². The van der Waals surface area contributed by atoms with E-state index in [1.165, 1.54) is 12.1 Å². The van der Waals surface area contributed by atoms with Crippen LogP contribution in [0.15, 0.2) is 30.3 Å². The highest BCUT2D eigenvalue weighted by molar-refractivity contribution is 5.83. The van der Waals surface area contributed by atoms with E-state index in [1.807, 2.05) is 30.8 Å². The summed E-state index contributed by atoms with van der Waals surface area (Å²) in [5, 5.41) is 0. The van der Waals surface area contributed by atoms with Gasteiger partial charge in [0.05, 0.1) is 11.1 Å². The number of aromatic nitrogens is 2. The highest BCUT2D eigenvalue weighted by atomic mass is 19.1. The number of halogens is 1. The molecule has 0 bridgehead atoms. The lowest BCUT2D eigenvalue weighted by molar-refractivity contribution is -0.150. The molecule has 1 aromatic carbocycles. The molecular weight excluding hydrogens is 419 g/mol. The Bertz CT molecular complexity index is 988. The number of amides is 1. The van der Waals surface area contributed by atoms with Gasteiger partial charge in [0.1, 0.15) is 17.5 Å². The topological polar surface area (TPSA) is 58.6 Å². The Kier molecular flexibility index (Phi) is 6.71. The third kappa shape index (κ3) is 5.03. The lowest BCUT2D eigenvalue weighted by Gasteiger charge is -2.45. The molecule has 1 amide bonds. The molecule has 2 saturated heterocycles. The largest absolute Gasteiger partial charge is 0.381 e. The average Bonchev–Trinajstić information content (AvgIpc) is 2.80. The van der Waals surface area contributed by atoms with Gasteiger partial charge >= 0.3 is 0 Å². The van der Waals surface area contributed by atoms with Crippen molar-refractivity contribution >= 4 is 11.7 Å². The van der Waals surface area contributed by atoms with Gasteiger partial charge in [0.2, 0.25) is 5.91 Å². The number of carbonyl (C=O) groups excluding carboxylic acids is 1. The average molecular weight is 455 g/mol. The zero-order valence-corrected chi connectivity index (χ0v) is 20.2. The second-order valence-electron chi connectivity index (χ2n) is 10.1. The second-order valence-corrected chi connectivity index (χ2v) is 10.1. The van der Waals surface area contributed by atoms with Crippen molar-refractivity contribution in [2.75, 3.05) is 45.3 Å². The summed E-state index contributed by atoms with van der Waals surface area (Å²) in [6.07, 6.45) is 3.90. The number of hydrogen-bond acceptors (Lipinski definition) is 5. The lowest BCUT2D eigenvalue weighted by Crippen LogP contribution is -2.54. The summed E-state index contributed by atoms with van der Waals surface area (Å²) >= 11 is 0. The van der Waals surface area contributed by atoms with Gasteiger partial charge in [-0.15, -0.1) is 0 Å². The molecule has 0 aliphatic carbocycles. The Morgan fingerprint density at radius 3 is 2.52 bits per heavy atom. The molecule has 0 N–H and O–H groups in total. The molecule has 1 unspecified atom stereocenters. The minimum absolute atomic E-state index is 0.194. The summed E-state index contributed by atoms with van der Waals surface area (Å²) < 4.78 is 19.1. The Morgan fingerprint density at radius 1 is 1.15 bits per heavy atom. The van der Waals surface area contributed by atoms with Crippen LogP contribution in [0.4, 0.5) is 10.2 Å². The fourth-order valence-electron chi connectivity index (χ4n) is 5.27. The van der Waals surface area contributed by atoms with E-state index in [2.05, 4.69) is 18.0 Å². The zero-order chi connectivity index (χ0) is 23.6. The number of benzene rings is 1. The highest BCUT2D eigenvalue weighted by Crippen LogP contribution is 2.40. The molecule has 2 fully saturated rings. The lowest BCUT2D eigenvalue weighted by atomic mass is 9.72. The number of likely N-dealkylation sites (tertiary alicyclic amines) is 1. The minimum Gasteiger partial charge on any atom is -0.381 e. The van der Waals surface area contributed by atoms with Crippen LogP contribution in [0, 0.1) is 18.2 Å². The molecule has 2 aromatic rings.